The minimum atomic E-state index is -1.31. The quantitative estimate of drug-likeness (QED) is 0.549. The first-order valence-corrected chi connectivity index (χ1v) is 8.25. The van der Waals surface area contributed by atoms with Crippen LogP contribution >= 0.6 is 0 Å². The Balaban J connectivity index is 1.90. The van der Waals surface area contributed by atoms with Gasteiger partial charge in [0.25, 0.3) is 5.56 Å². The van der Waals surface area contributed by atoms with Crippen molar-refractivity contribution >= 4 is 16.7 Å². The van der Waals surface area contributed by atoms with Crippen LogP contribution in [0.25, 0.3) is 10.9 Å². The summed E-state index contributed by atoms with van der Waals surface area (Å²) in [5, 5.41) is 0.229. The highest BCUT2D eigenvalue weighted by Gasteiger charge is 2.25. The summed E-state index contributed by atoms with van der Waals surface area (Å²) in [6.45, 7) is 0.173. The maximum atomic E-state index is 14.1. The number of rotatable bonds is 4. The summed E-state index contributed by atoms with van der Waals surface area (Å²) in [6, 6.07) is 7.60. The molecule has 0 aliphatic carbocycles. The first-order valence-electron chi connectivity index (χ1n) is 8.25. The lowest BCUT2D eigenvalue weighted by atomic mass is 10.0. The highest BCUT2D eigenvalue weighted by atomic mass is 19.1. The molecule has 4 aromatic rings. The van der Waals surface area contributed by atoms with Crippen LogP contribution < -0.4 is 5.56 Å². The molecule has 0 unspecified atom stereocenters. The highest BCUT2D eigenvalue weighted by molar-refractivity contribution is 6.16. The summed E-state index contributed by atoms with van der Waals surface area (Å²) < 4.78 is 42.9. The van der Waals surface area contributed by atoms with Crippen molar-refractivity contribution in [1.29, 1.82) is 0 Å². The molecule has 8 heteroatoms. The maximum Gasteiger partial charge on any atom is 0.272 e. The zero-order valence-corrected chi connectivity index (χ0v) is 14.2. The van der Waals surface area contributed by atoms with Crippen LogP contribution in [0.4, 0.5) is 13.2 Å². The Morgan fingerprint density at radius 2 is 1.86 bits per heavy atom. The largest absolute Gasteiger partial charge is 0.336 e. The van der Waals surface area contributed by atoms with Crippen molar-refractivity contribution < 1.29 is 18.0 Å². The Kier molecular flexibility index (Phi) is 4.31. The number of nitrogens with zero attached hydrogens (tertiary/aromatic N) is 2. The number of carbonyl (C=O) groups is 1. The fourth-order valence-corrected chi connectivity index (χ4v) is 3.13. The Morgan fingerprint density at radius 3 is 2.54 bits per heavy atom. The number of hydrogen-bond acceptors (Lipinski definition) is 3. The average molecular weight is 383 g/mol. The van der Waals surface area contributed by atoms with Gasteiger partial charge in [-0.15, -0.1) is 0 Å². The van der Waals surface area contributed by atoms with Crippen LogP contribution in [0, 0.1) is 17.5 Å². The van der Waals surface area contributed by atoms with Crippen LogP contribution in [0.3, 0.4) is 0 Å². The van der Waals surface area contributed by atoms with E-state index in [2.05, 4.69) is 9.97 Å². The molecule has 0 saturated carbocycles. The molecule has 28 heavy (non-hydrogen) atoms. The van der Waals surface area contributed by atoms with E-state index in [1.165, 1.54) is 23.0 Å². The van der Waals surface area contributed by atoms with Crippen LogP contribution in [0.2, 0.25) is 0 Å². The summed E-state index contributed by atoms with van der Waals surface area (Å²) in [7, 11) is 0. The number of pyridine rings is 2. The monoisotopic (exact) mass is 383 g/mol. The third-order valence-corrected chi connectivity index (χ3v) is 4.33. The second-order valence-electron chi connectivity index (χ2n) is 6.13. The van der Waals surface area contributed by atoms with Crippen molar-refractivity contribution in [3.63, 3.8) is 0 Å². The van der Waals surface area contributed by atoms with Crippen LogP contribution in [0.5, 0.6) is 0 Å². The van der Waals surface area contributed by atoms with Gasteiger partial charge in [-0.2, -0.15) is 0 Å². The summed E-state index contributed by atoms with van der Waals surface area (Å²) in [6.07, 6.45) is 4.27. The molecular weight excluding hydrogens is 371 g/mol. The summed E-state index contributed by atoms with van der Waals surface area (Å²) in [5.74, 6) is -4.72. The molecule has 0 aliphatic heterocycles. The Morgan fingerprint density at radius 1 is 1.11 bits per heavy atom. The minimum absolute atomic E-state index is 0.0681. The van der Waals surface area contributed by atoms with Crippen molar-refractivity contribution in [3.05, 3.63) is 99.6 Å². The molecule has 0 radical (unpaired) electrons. The Bertz CT molecular complexity index is 1240. The van der Waals surface area contributed by atoms with Crippen molar-refractivity contribution in [2.45, 2.75) is 6.54 Å². The van der Waals surface area contributed by atoms with E-state index in [4.69, 9.17) is 0 Å². The zero-order valence-electron chi connectivity index (χ0n) is 14.2. The van der Waals surface area contributed by atoms with Gasteiger partial charge in [-0.3, -0.25) is 14.6 Å². The van der Waals surface area contributed by atoms with Gasteiger partial charge in [0.05, 0.1) is 17.8 Å². The van der Waals surface area contributed by atoms with Gasteiger partial charge in [-0.1, -0.05) is 6.07 Å². The van der Waals surface area contributed by atoms with Gasteiger partial charge in [0.15, 0.2) is 0 Å². The average Bonchev–Trinajstić information content (AvgIpc) is 3.01. The standard InChI is InChI=1S/C20H12F3N3O2/c21-11-7-15(22)17(16(23)8-11)19(27)14-10-26(9-12-3-1-2-5-24-12)18-13(14)4-6-25-20(18)28/h1-8,10H,9H2,(H,25,28). The number of nitrogens with one attached hydrogen (secondary N) is 1. The predicted octanol–water partition coefficient (Wildman–Crippen LogP) is 3.42. The van der Waals surface area contributed by atoms with E-state index in [9.17, 15) is 22.8 Å². The lowest BCUT2D eigenvalue weighted by molar-refractivity contribution is 0.103. The molecule has 4 rings (SSSR count). The van der Waals surface area contributed by atoms with E-state index in [0.717, 1.165) is 0 Å². The highest BCUT2D eigenvalue weighted by Crippen LogP contribution is 2.25. The second-order valence-corrected chi connectivity index (χ2v) is 6.13. The molecule has 3 aromatic heterocycles. The van der Waals surface area contributed by atoms with Gasteiger partial charge in [-0.05, 0) is 18.2 Å². The van der Waals surface area contributed by atoms with Gasteiger partial charge in [0, 0.05) is 41.7 Å². The molecule has 1 aromatic carbocycles. The first-order chi connectivity index (χ1) is 13.5. The number of aromatic amines is 1. The lowest BCUT2D eigenvalue weighted by Crippen LogP contribution is -2.11. The molecule has 0 amide bonds. The molecule has 0 aliphatic rings. The fourth-order valence-electron chi connectivity index (χ4n) is 3.13. The number of H-pyrrole nitrogens is 1. The molecule has 0 fully saturated rings. The van der Waals surface area contributed by atoms with E-state index in [1.807, 2.05) is 0 Å². The van der Waals surface area contributed by atoms with Crippen molar-refractivity contribution in [1.82, 2.24) is 14.5 Å². The SMILES string of the molecule is O=C(c1c(F)cc(F)cc1F)c1cn(Cc2ccccn2)c2c(=O)[nH]ccc12. The Hall–Kier alpha value is -3.68. The third kappa shape index (κ3) is 2.98. The van der Waals surface area contributed by atoms with Crippen molar-refractivity contribution in [2.75, 3.05) is 0 Å². The molecule has 0 saturated heterocycles. The van der Waals surface area contributed by atoms with Crippen molar-refractivity contribution in [3.8, 4) is 0 Å². The molecule has 0 bridgehead atoms. The molecule has 0 atom stereocenters. The fraction of sp³-hybridized carbons (Fsp3) is 0.0500. The van der Waals surface area contributed by atoms with Gasteiger partial charge >= 0.3 is 0 Å². The normalized spacial score (nSPS) is 11.1. The summed E-state index contributed by atoms with van der Waals surface area (Å²) >= 11 is 0. The predicted molar refractivity (Wildman–Crippen MR) is 95.6 cm³/mol. The molecule has 0 spiro atoms. The van der Waals surface area contributed by atoms with E-state index < -0.39 is 34.4 Å². The Labute approximate surface area is 156 Å². The molecule has 5 nitrogen and oxygen atoms in total. The summed E-state index contributed by atoms with van der Waals surface area (Å²) in [5.41, 5.74) is -0.618. The maximum absolute atomic E-state index is 14.1. The van der Waals surface area contributed by atoms with Crippen molar-refractivity contribution in [2.24, 2.45) is 0 Å². The lowest BCUT2D eigenvalue weighted by Gasteiger charge is -2.04. The topological polar surface area (TPSA) is 67.8 Å². The summed E-state index contributed by atoms with van der Waals surface area (Å²) in [4.78, 5) is 31.9. The molecule has 1 N–H and O–H groups in total. The van der Waals surface area contributed by atoms with E-state index >= 15 is 0 Å². The third-order valence-electron chi connectivity index (χ3n) is 4.33. The van der Waals surface area contributed by atoms with Crippen LogP contribution in [-0.4, -0.2) is 20.3 Å². The van der Waals surface area contributed by atoms with Gasteiger partial charge in [-0.25, -0.2) is 13.2 Å². The van der Waals surface area contributed by atoms with Crippen LogP contribution in [0.15, 0.2) is 59.8 Å². The number of ketones is 1. The first kappa shape index (κ1) is 17.7. The zero-order chi connectivity index (χ0) is 19.8. The van der Waals surface area contributed by atoms with E-state index in [-0.39, 0.29) is 23.0 Å². The number of hydrogen-bond donors (Lipinski definition) is 1. The van der Waals surface area contributed by atoms with Gasteiger partial charge in [0.2, 0.25) is 5.78 Å². The van der Waals surface area contributed by atoms with Gasteiger partial charge < -0.3 is 9.55 Å². The number of aromatic nitrogens is 3. The molecular formula is C20H12F3N3O2. The molecule has 140 valence electrons. The number of benzene rings is 1. The minimum Gasteiger partial charge on any atom is -0.336 e. The smallest absolute Gasteiger partial charge is 0.272 e. The van der Waals surface area contributed by atoms with Crippen LogP contribution in [0.1, 0.15) is 21.6 Å². The van der Waals surface area contributed by atoms with E-state index in [0.29, 0.717) is 17.8 Å². The number of carbonyl (C=O) groups excluding carboxylic acids is 1. The number of fused-ring (bicyclic) bond motifs is 1. The second kappa shape index (κ2) is 6.80. The molecule has 3 heterocycles. The van der Waals surface area contributed by atoms with Gasteiger partial charge in [0.1, 0.15) is 23.0 Å². The number of halogens is 3. The van der Waals surface area contributed by atoms with Crippen LogP contribution in [-0.2, 0) is 6.54 Å². The van der Waals surface area contributed by atoms with E-state index in [1.54, 1.807) is 24.4 Å².